The third-order valence-electron chi connectivity index (χ3n) is 3.52. The summed E-state index contributed by atoms with van der Waals surface area (Å²) in [6.07, 6.45) is 9.02. The molecule has 0 atom stereocenters. The number of hydrogen-bond donors (Lipinski definition) is 0. The monoisotopic (exact) mass is 306 g/mol. The van der Waals surface area contributed by atoms with Crippen molar-refractivity contribution >= 4 is 11.6 Å². The number of nitrogens with zero attached hydrogens (tertiary/aromatic N) is 4. The summed E-state index contributed by atoms with van der Waals surface area (Å²) in [7, 11) is 0. The molecule has 0 aliphatic rings. The molecule has 114 valence electrons. The summed E-state index contributed by atoms with van der Waals surface area (Å²) in [5, 5.41) is 13.3. The van der Waals surface area contributed by atoms with Crippen LogP contribution in [0.1, 0.15) is 51.9 Å². The third-order valence-corrected chi connectivity index (χ3v) is 3.77. The maximum absolute atomic E-state index is 5.87. The Labute approximate surface area is 131 Å². The predicted molar refractivity (Wildman–Crippen MR) is 86.3 cm³/mol. The zero-order valence-corrected chi connectivity index (χ0v) is 13.4. The van der Waals surface area contributed by atoms with Crippen molar-refractivity contribution in [1.29, 1.82) is 0 Å². The fraction of sp³-hybridized carbons (Fsp3) is 0.562. The Hall–Kier alpha value is -1.42. The lowest BCUT2D eigenvalue weighted by Crippen LogP contribution is -2.02. The number of tetrazole rings is 1. The lowest BCUT2D eigenvalue weighted by molar-refractivity contribution is 0.473. The second-order valence-electron chi connectivity index (χ2n) is 5.34. The molecule has 1 aromatic carbocycles. The van der Waals surface area contributed by atoms with E-state index in [-0.39, 0.29) is 0 Å². The van der Waals surface area contributed by atoms with Crippen molar-refractivity contribution in [3.63, 3.8) is 0 Å². The van der Waals surface area contributed by atoms with E-state index < -0.39 is 0 Å². The van der Waals surface area contributed by atoms with Crippen LogP contribution in [0, 0.1) is 0 Å². The molecular weight excluding hydrogens is 284 g/mol. The van der Waals surface area contributed by atoms with Crippen LogP contribution in [0.15, 0.2) is 24.3 Å². The first kappa shape index (κ1) is 16.0. The topological polar surface area (TPSA) is 43.6 Å². The van der Waals surface area contributed by atoms with E-state index in [0.29, 0.717) is 10.8 Å². The summed E-state index contributed by atoms with van der Waals surface area (Å²) >= 11 is 5.87. The van der Waals surface area contributed by atoms with Crippen LogP contribution < -0.4 is 0 Å². The molecule has 0 unspecified atom stereocenters. The fourth-order valence-electron chi connectivity index (χ4n) is 2.26. The molecule has 1 heterocycles. The van der Waals surface area contributed by atoms with Crippen LogP contribution in [0.25, 0.3) is 11.4 Å². The van der Waals surface area contributed by atoms with Crippen LogP contribution in [0.3, 0.4) is 0 Å². The largest absolute Gasteiger partial charge is 0.204 e. The molecule has 2 rings (SSSR count). The lowest BCUT2D eigenvalue weighted by atomic mass is 10.1. The van der Waals surface area contributed by atoms with Crippen LogP contribution in [-0.2, 0) is 6.54 Å². The van der Waals surface area contributed by atoms with Crippen molar-refractivity contribution in [2.45, 2.75) is 58.4 Å². The lowest BCUT2D eigenvalue weighted by Gasteiger charge is -2.00. The zero-order valence-electron chi connectivity index (χ0n) is 12.6. The number of unbranched alkanes of at least 4 members (excludes halogenated alkanes) is 6. The van der Waals surface area contributed by atoms with Gasteiger partial charge in [0.25, 0.3) is 0 Å². The molecule has 5 heteroatoms. The normalized spacial score (nSPS) is 11.0. The van der Waals surface area contributed by atoms with Gasteiger partial charge in [0.1, 0.15) is 0 Å². The number of rotatable bonds is 9. The first-order chi connectivity index (χ1) is 10.3. The molecule has 21 heavy (non-hydrogen) atoms. The maximum Gasteiger partial charge on any atom is 0.204 e. The van der Waals surface area contributed by atoms with Gasteiger partial charge in [-0.1, -0.05) is 57.0 Å². The predicted octanol–water partition coefficient (Wildman–Crippen LogP) is 4.74. The van der Waals surface area contributed by atoms with E-state index in [1.165, 1.54) is 38.5 Å². The Balaban J connectivity index is 1.72. The van der Waals surface area contributed by atoms with Gasteiger partial charge in [-0.15, -0.1) is 10.2 Å². The van der Waals surface area contributed by atoms with Crippen LogP contribution >= 0.6 is 11.6 Å². The van der Waals surface area contributed by atoms with E-state index in [2.05, 4.69) is 22.3 Å². The molecule has 0 radical (unpaired) electrons. The van der Waals surface area contributed by atoms with Gasteiger partial charge in [0.05, 0.1) is 6.54 Å². The summed E-state index contributed by atoms with van der Waals surface area (Å²) in [6.45, 7) is 3.09. The van der Waals surface area contributed by atoms with Gasteiger partial charge >= 0.3 is 0 Å². The number of aryl methyl sites for hydroxylation is 1. The average molecular weight is 307 g/mol. The van der Waals surface area contributed by atoms with E-state index in [9.17, 15) is 0 Å². The van der Waals surface area contributed by atoms with Crippen LogP contribution in [0.4, 0.5) is 0 Å². The molecule has 1 aromatic heterocycles. The molecule has 0 spiro atoms. The van der Waals surface area contributed by atoms with Crippen molar-refractivity contribution in [1.82, 2.24) is 20.2 Å². The molecule has 0 bridgehead atoms. The Morgan fingerprint density at radius 2 is 1.62 bits per heavy atom. The highest BCUT2D eigenvalue weighted by Crippen LogP contribution is 2.17. The van der Waals surface area contributed by atoms with Crippen LogP contribution in [0.5, 0.6) is 0 Å². The van der Waals surface area contributed by atoms with E-state index in [4.69, 9.17) is 11.6 Å². The van der Waals surface area contributed by atoms with Gasteiger partial charge < -0.3 is 0 Å². The van der Waals surface area contributed by atoms with Gasteiger partial charge in [-0.25, -0.2) is 0 Å². The summed E-state index contributed by atoms with van der Waals surface area (Å²) < 4.78 is 0. The molecule has 4 nitrogen and oxygen atoms in total. The Bertz CT molecular complexity index is 521. The number of aromatic nitrogens is 4. The SMILES string of the molecule is CCCCCCCCCn1nnc(-c2ccc(Cl)cc2)n1. The summed E-state index contributed by atoms with van der Waals surface area (Å²) in [5.74, 6) is 0.662. The average Bonchev–Trinajstić information content (AvgIpc) is 2.96. The minimum Gasteiger partial charge on any atom is -0.164 e. The molecule has 0 N–H and O–H groups in total. The van der Waals surface area contributed by atoms with Gasteiger partial charge in [-0.3, -0.25) is 0 Å². The van der Waals surface area contributed by atoms with Crippen molar-refractivity contribution in [2.24, 2.45) is 0 Å². The fourth-order valence-corrected chi connectivity index (χ4v) is 2.39. The molecular formula is C16H23ClN4. The molecule has 0 amide bonds. The summed E-state index contributed by atoms with van der Waals surface area (Å²) in [5.41, 5.74) is 0.949. The quantitative estimate of drug-likeness (QED) is 0.628. The highest BCUT2D eigenvalue weighted by Gasteiger charge is 2.05. The Kier molecular flexibility index (Phi) is 6.67. The smallest absolute Gasteiger partial charge is 0.164 e. The highest BCUT2D eigenvalue weighted by molar-refractivity contribution is 6.30. The van der Waals surface area contributed by atoms with Gasteiger partial charge in [0.2, 0.25) is 5.82 Å². The second kappa shape index (κ2) is 8.78. The maximum atomic E-state index is 5.87. The molecule has 0 saturated carbocycles. The molecule has 0 fully saturated rings. The minimum absolute atomic E-state index is 0.662. The Morgan fingerprint density at radius 3 is 2.33 bits per heavy atom. The molecule has 0 saturated heterocycles. The van der Waals surface area contributed by atoms with E-state index in [1.807, 2.05) is 24.3 Å². The van der Waals surface area contributed by atoms with Crippen LogP contribution in [-0.4, -0.2) is 20.2 Å². The van der Waals surface area contributed by atoms with Crippen molar-refractivity contribution < 1.29 is 0 Å². The molecule has 0 aliphatic heterocycles. The number of benzene rings is 1. The van der Waals surface area contributed by atoms with E-state index in [1.54, 1.807) is 4.80 Å². The standard InChI is InChI=1S/C16H23ClN4/c1-2-3-4-5-6-7-8-13-21-19-16(18-20-21)14-9-11-15(17)12-10-14/h9-12H,2-8,13H2,1H3. The van der Waals surface area contributed by atoms with Crippen molar-refractivity contribution in [3.05, 3.63) is 29.3 Å². The summed E-state index contributed by atoms with van der Waals surface area (Å²) in [6, 6.07) is 7.51. The number of halogens is 1. The van der Waals surface area contributed by atoms with Gasteiger partial charge in [-0.05, 0) is 35.9 Å². The highest BCUT2D eigenvalue weighted by atomic mass is 35.5. The van der Waals surface area contributed by atoms with Crippen molar-refractivity contribution in [3.8, 4) is 11.4 Å². The molecule has 2 aromatic rings. The third kappa shape index (κ3) is 5.46. The first-order valence-corrected chi connectivity index (χ1v) is 8.21. The van der Waals surface area contributed by atoms with Crippen molar-refractivity contribution in [2.75, 3.05) is 0 Å². The van der Waals surface area contributed by atoms with Gasteiger partial charge in [0, 0.05) is 10.6 Å². The minimum atomic E-state index is 0.662. The number of hydrogen-bond acceptors (Lipinski definition) is 3. The Morgan fingerprint density at radius 1 is 0.952 bits per heavy atom. The van der Waals surface area contributed by atoms with E-state index >= 15 is 0 Å². The molecule has 0 aliphatic carbocycles. The summed E-state index contributed by atoms with van der Waals surface area (Å²) in [4.78, 5) is 1.69. The first-order valence-electron chi connectivity index (χ1n) is 7.83. The van der Waals surface area contributed by atoms with E-state index in [0.717, 1.165) is 18.5 Å². The van der Waals surface area contributed by atoms with Crippen LogP contribution in [0.2, 0.25) is 5.02 Å². The zero-order chi connectivity index (χ0) is 14.9. The second-order valence-corrected chi connectivity index (χ2v) is 5.77. The van der Waals surface area contributed by atoms with Gasteiger partial charge in [-0.2, -0.15) is 4.80 Å². The van der Waals surface area contributed by atoms with Gasteiger partial charge in [0.15, 0.2) is 0 Å².